The first-order valence-corrected chi connectivity index (χ1v) is 3.93. The van der Waals surface area contributed by atoms with Crippen LogP contribution >= 0.6 is 0 Å². The van der Waals surface area contributed by atoms with Crippen LogP contribution in [-0.2, 0) is 19.2 Å². The van der Waals surface area contributed by atoms with Crippen LogP contribution < -0.4 is 0 Å². The molecule has 9 nitrogen and oxygen atoms in total. The molecule has 0 aromatic rings. The molecule has 0 saturated carbocycles. The third kappa shape index (κ3) is 20.3. The predicted octanol–water partition coefficient (Wildman–Crippen LogP) is -1.54. The molecule has 1 atom stereocenters. The average molecular weight is 292 g/mol. The van der Waals surface area contributed by atoms with Gasteiger partial charge in [0.2, 0.25) is 0 Å². The van der Waals surface area contributed by atoms with E-state index in [1.54, 1.807) is 0 Å². The van der Waals surface area contributed by atoms with E-state index >= 15 is 0 Å². The Morgan fingerprint density at radius 1 is 0.944 bits per heavy atom. The molecular formula is C8H12CaO9. The Morgan fingerprint density at radius 2 is 1.28 bits per heavy atom. The quantitative estimate of drug-likeness (QED) is 0.297. The standard InChI is InChI=1S/C4H6O5.C4H4O4.Ca.2H/c5-2(4(8)9)1-3(6)7;5-3(6)1-2-4(7)8;;;/h2,5H,1H2,(H,6,7)(H,8,9);1-2H,(H,5,6)(H,7,8);;;/q;;+2;2*-1. The van der Waals surface area contributed by atoms with Crippen LogP contribution in [0, 0.1) is 0 Å². The molecule has 0 amide bonds. The molecule has 0 radical (unpaired) electrons. The van der Waals surface area contributed by atoms with Gasteiger partial charge in [-0.25, -0.2) is 14.4 Å². The van der Waals surface area contributed by atoms with Gasteiger partial charge in [-0.2, -0.15) is 0 Å². The second-order valence-electron chi connectivity index (χ2n) is 2.46. The zero-order valence-corrected chi connectivity index (χ0v) is 11.2. The predicted molar refractivity (Wildman–Crippen MR) is 58.3 cm³/mol. The summed E-state index contributed by atoms with van der Waals surface area (Å²) in [6.45, 7) is 0. The molecule has 100 valence electrons. The molecule has 0 aromatic heterocycles. The molecule has 1 unspecified atom stereocenters. The number of aliphatic carboxylic acids is 4. The summed E-state index contributed by atoms with van der Waals surface area (Å²) in [4.78, 5) is 38.5. The summed E-state index contributed by atoms with van der Waals surface area (Å²) < 4.78 is 0. The summed E-state index contributed by atoms with van der Waals surface area (Å²) in [5, 5.41) is 39.8. The molecule has 0 aromatic carbocycles. The van der Waals surface area contributed by atoms with Crippen LogP contribution in [0.5, 0.6) is 0 Å². The Hall–Kier alpha value is -1.16. The van der Waals surface area contributed by atoms with Crippen molar-refractivity contribution >= 4 is 61.6 Å². The maximum Gasteiger partial charge on any atom is 2.00 e. The van der Waals surface area contributed by atoms with Crippen LogP contribution in [-0.4, -0.2) is 93.3 Å². The van der Waals surface area contributed by atoms with Gasteiger partial charge in [0.1, 0.15) is 0 Å². The van der Waals surface area contributed by atoms with Gasteiger partial charge in [-0.15, -0.1) is 0 Å². The molecule has 0 aliphatic rings. The van der Waals surface area contributed by atoms with Crippen molar-refractivity contribution in [2.75, 3.05) is 0 Å². The van der Waals surface area contributed by atoms with Crippen molar-refractivity contribution in [1.29, 1.82) is 0 Å². The smallest absolute Gasteiger partial charge is 1.00 e. The van der Waals surface area contributed by atoms with Gasteiger partial charge >= 0.3 is 61.6 Å². The first kappa shape index (κ1) is 22.1. The Kier molecular flexibility index (Phi) is 15.1. The summed E-state index contributed by atoms with van der Waals surface area (Å²) in [5.41, 5.74) is 0. The molecular weight excluding hydrogens is 280 g/mol. The second kappa shape index (κ2) is 12.3. The molecule has 5 N–H and O–H groups in total. The van der Waals surface area contributed by atoms with Crippen LogP contribution in [0.15, 0.2) is 12.2 Å². The third-order valence-corrected chi connectivity index (χ3v) is 1.02. The van der Waals surface area contributed by atoms with E-state index in [0.29, 0.717) is 12.2 Å². The Labute approximate surface area is 133 Å². The zero-order valence-electron chi connectivity index (χ0n) is 11.0. The fourth-order valence-electron chi connectivity index (χ4n) is 0.395. The van der Waals surface area contributed by atoms with Gasteiger partial charge in [-0.05, 0) is 0 Å². The number of rotatable bonds is 5. The normalized spacial score (nSPS) is 10.5. The Morgan fingerprint density at radius 3 is 1.39 bits per heavy atom. The molecule has 0 heterocycles. The van der Waals surface area contributed by atoms with E-state index in [4.69, 9.17) is 25.5 Å². The monoisotopic (exact) mass is 292 g/mol. The first-order chi connectivity index (χ1) is 7.66. The van der Waals surface area contributed by atoms with E-state index in [9.17, 15) is 19.2 Å². The molecule has 0 aliphatic heterocycles. The van der Waals surface area contributed by atoms with E-state index in [1.165, 1.54) is 0 Å². The fraction of sp³-hybridized carbons (Fsp3) is 0.250. The maximum atomic E-state index is 9.72. The summed E-state index contributed by atoms with van der Waals surface area (Å²) in [6, 6.07) is 0. The van der Waals surface area contributed by atoms with E-state index in [1.807, 2.05) is 0 Å². The second-order valence-corrected chi connectivity index (χ2v) is 2.46. The summed E-state index contributed by atoms with van der Waals surface area (Å²) >= 11 is 0. The summed E-state index contributed by atoms with van der Waals surface area (Å²) in [6.07, 6.45) is -1.43. The number of carboxylic acids is 4. The van der Waals surface area contributed by atoms with Crippen LogP contribution in [0.25, 0.3) is 0 Å². The Balaban J connectivity index is -0.0000000655. The minimum atomic E-state index is -1.79. The molecule has 0 rings (SSSR count). The van der Waals surface area contributed by atoms with Crippen molar-refractivity contribution in [1.82, 2.24) is 0 Å². The molecule has 10 heteroatoms. The van der Waals surface area contributed by atoms with E-state index in [0.717, 1.165) is 0 Å². The van der Waals surface area contributed by atoms with E-state index in [2.05, 4.69) is 0 Å². The van der Waals surface area contributed by atoms with Gasteiger partial charge in [-0.1, -0.05) is 0 Å². The minimum Gasteiger partial charge on any atom is -1.00 e. The molecule has 0 bridgehead atoms. The zero-order chi connectivity index (χ0) is 14.0. The minimum absolute atomic E-state index is 0. The van der Waals surface area contributed by atoms with Gasteiger partial charge in [0.05, 0.1) is 6.42 Å². The van der Waals surface area contributed by atoms with Crippen LogP contribution in [0.2, 0.25) is 0 Å². The topological polar surface area (TPSA) is 169 Å². The number of aliphatic hydroxyl groups is 1. The van der Waals surface area contributed by atoms with Gasteiger partial charge in [-0.3, -0.25) is 4.79 Å². The van der Waals surface area contributed by atoms with Crippen LogP contribution in [0.3, 0.4) is 0 Å². The van der Waals surface area contributed by atoms with Crippen molar-refractivity contribution in [2.24, 2.45) is 0 Å². The van der Waals surface area contributed by atoms with Crippen molar-refractivity contribution in [2.45, 2.75) is 12.5 Å². The third-order valence-electron chi connectivity index (χ3n) is 1.02. The molecule has 18 heavy (non-hydrogen) atoms. The van der Waals surface area contributed by atoms with Gasteiger partial charge in [0.15, 0.2) is 6.10 Å². The van der Waals surface area contributed by atoms with Crippen molar-refractivity contribution in [3.8, 4) is 0 Å². The number of hydrogen-bond donors (Lipinski definition) is 5. The Bertz CT molecular complexity index is 329. The number of hydrogen-bond acceptors (Lipinski definition) is 5. The number of aliphatic hydroxyl groups excluding tert-OH is 1. The van der Waals surface area contributed by atoms with E-state index < -0.39 is 36.4 Å². The molecule has 0 fully saturated rings. The van der Waals surface area contributed by atoms with Crippen LogP contribution in [0.1, 0.15) is 9.27 Å². The average Bonchev–Trinajstić information content (AvgIpc) is 2.14. The molecule has 0 aliphatic carbocycles. The van der Waals surface area contributed by atoms with Crippen LogP contribution in [0.4, 0.5) is 0 Å². The fourth-order valence-corrected chi connectivity index (χ4v) is 0.395. The summed E-state index contributed by atoms with van der Waals surface area (Å²) in [7, 11) is 0. The van der Waals surface area contributed by atoms with Crippen molar-refractivity contribution in [3.05, 3.63) is 12.2 Å². The molecule has 0 saturated heterocycles. The van der Waals surface area contributed by atoms with Crippen molar-refractivity contribution < 1.29 is 47.6 Å². The first-order valence-electron chi connectivity index (χ1n) is 3.93. The van der Waals surface area contributed by atoms with Gasteiger partial charge in [0.25, 0.3) is 0 Å². The van der Waals surface area contributed by atoms with Gasteiger partial charge in [0, 0.05) is 12.2 Å². The van der Waals surface area contributed by atoms with Crippen molar-refractivity contribution in [3.63, 3.8) is 0 Å². The largest absolute Gasteiger partial charge is 2.00 e. The SMILES string of the molecule is O=C(O)C=CC(=O)O.O=C(O)CC(O)C(=O)O.[Ca+2].[H-].[H-]. The van der Waals surface area contributed by atoms with Gasteiger partial charge < -0.3 is 28.4 Å². The summed E-state index contributed by atoms with van der Waals surface area (Å²) in [5.74, 6) is -5.36. The number of carboxylic acid groups (broad SMARTS) is 4. The van der Waals surface area contributed by atoms with E-state index in [-0.39, 0.29) is 40.6 Å². The number of carbonyl (C=O) groups is 4. The molecule has 0 spiro atoms. The maximum absolute atomic E-state index is 9.72.